The van der Waals surface area contributed by atoms with Gasteiger partial charge >= 0.3 is 5.97 Å². The van der Waals surface area contributed by atoms with E-state index in [4.69, 9.17) is 4.74 Å². The van der Waals surface area contributed by atoms with Crippen molar-refractivity contribution in [2.75, 3.05) is 19.7 Å². The van der Waals surface area contributed by atoms with E-state index in [1.54, 1.807) is 24.3 Å². The number of nitrogens with zero attached hydrogens (tertiary/aromatic N) is 1. The van der Waals surface area contributed by atoms with Crippen LogP contribution in [0.15, 0.2) is 48.5 Å². The van der Waals surface area contributed by atoms with Crippen LogP contribution in [-0.2, 0) is 0 Å². The van der Waals surface area contributed by atoms with Crippen LogP contribution >= 0.6 is 0 Å². The molecule has 0 bridgehead atoms. The summed E-state index contributed by atoms with van der Waals surface area (Å²) in [5.41, 5.74) is 1.34. The summed E-state index contributed by atoms with van der Waals surface area (Å²) in [6.07, 6.45) is 1.03. The van der Waals surface area contributed by atoms with Gasteiger partial charge in [-0.25, -0.2) is 9.18 Å². The molecule has 0 radical (unpaired) electrons. The molecule has 132 valence electrons. The average Bonchev–Trinajstić information content (AvgIpc) is 2.97. The Labute approximate surface area is 146 Å². The lowest BCUT2D eigenvalue weighted by molar-refractivity contribution is 0.0691. The highest BCUT2D eigenvalue weighted by Gasteiger charge is 2.29. The minimum Gasteiger partial charge on any atom is -0.491 e. The summed E-state index contributed by atoms with van der Waals surface area (Å²) in [5.74, 6) is -0.405. The molecular formula is C20H22FNO3. The predicted octanol–water partition coefficient (Wildman–Crippen LogP) is 3.78. The molecule has 1 heterocycles. The molecule has 0 aliphatic carbocycles. The smallest absolute Gasteiger partial charge is 0.339 e. The van der Waals surface area contributed by atoms with Gasteiger partial charge in [0, 0.05) is 19.1 Å². The number of rotatable bonds is 6. The van der Waals surface area contributed by atoms with Crippen molar-refractivity contribution >= 4 is 5.97 Å². The molecule has 1 saturated heterocycles. The summed E-state index contributed by atoms with van der Waals surface area (Å²) >= 11 is 0. The summed E-state index contributed by atoms with van der Waals surface area (Å²) in [7, 11) is 0. The van der Waals surface area contributed by atoms with E-state index in [9.17, 15) is 14.3 Å². The molecule has 0 aromatic heterocycles. The molecule has 4 nitrogen and oxygen atoms in total. The predicted molar refractivity (Wildman–Crippen MR) is 93.7 cm³/mol. The number of hydrogen-bond acceptors (Lipinski definition) is 3. The molecule has 0 unspecified atom stereocenters. The second-order valence-corrected chi connectivity index (χ2v) is 6.48. The van der Waals surface area contributed by atoms with Crippen LogP contribution in [-0.4, -0.2) is 41.7 Å². The first kappa shape index (κ1) is 17.4. The summed E-state index contributed by atoms with van der Waals surface area (Å²) in [6, 6.07) is 13.8. The van der Waals surface area contributed by atoms with Gasteiger partial charge < -0.3 is 9.84 Å². The molecule has 25 heavy (non-hydrogen) atoms. The van der Waals surface area contributed by atoms with Crippen molar-refractivity contribution in [3.05, 3.63) is 65.5 Å². The summed E-state index contributed by atoms with van der Waals surface area (Å²) < 4.78 is 18.8. The van der Waals surface area contributed by atoms with Gasteiger partial charge in [0.1, 0.15) is 23.7 Å². The molecule has 3 rings (SSSR count). The van der Waals surface area contributed by atoms with E-state index < -0.39 is 5.97 Å². The van der Waals surface area contributed by atoms with Gasteiger partial charge in [-0.1, -0.05) is 24.3 Å². The van der Waals surface area contributed by atoms with Gasteiger partial charge in [-0.2, -0.15) is 0 Å². The summed E-state index contributed by atoms with van der Waals surface area (Å²) in [4.78, 5) is 13.5. The largest absolute Gasteiger partial charge is 0.491 e. The molecule has 5 heteroatoms. The highest BCUT2D eigenvalue weighted by atomic mass is 19.1. The van der Waals surface area contributed by atoms with Crippen LogP contribution < -0.4 is 4.74 Å². The van der Waals surface area contributed by atoms with Gasteiger partial charge in [0.25, 0.3) is 0 Å². The monoisotopic (exact) mass is 343 g/mol. The molecule has 2 aromatic rings. The Morgan fingerprint density at radius 1 is 1.24 bits per heavy atom. The van der Waals surface area contributed by atoms with Crippen LogP contribution in [0.25, 0.3) is 0 Å². The average molecular weight is 343 g/mol. The van der Waals surface area contributed by atoms with E-state index in [1.165, 1.54) is 12.1 Å². The maximum atomic E-state index is 13.1. The van der Waals surface area contributed by atoms with Gasteiger partial charge in [0.05, 0.1) is 0 Å². The molecule has 2 atom stereocenters. The van der Waals surface area contributed by atoms with Crippen molar-refractivity contribution in [2.24, 2.45) is 0 Å². The number of para-hydroxylation sites is 1. The van der Waals surface area contributed by atoms with Crippen LogP contribution in [0.3, 0.4) is 0 Å². The minimum atomic E-state index is -0.985. The van der Waals surface area contributed by atoms with Crippen molar-refractivity contribution in [1.29, 1.82) is 0 Å². The highest BCUT2D eigenvalue weighted by Crippen LogP contribution is 2.31. The molecule has 1 aliphatic heterocycles. The Morgan fingerprint density at radius 3 is 2.68 bits per heavy atom. The normalized spacial score (nSPS) is 20.6. The standard InChI is InChI=1S/C20H22FNO3/c1-14-12-16(15-6-8-17(21)9-7-15)13-22(14)10-11-25-19-5-3-2-4-18(19)20(23)24/h2-9,14,16H,10-13H2,1H3,(H,23,24)/t14-,16+/m0/s1. The number of carbonyl (C=O) groups is 1. The first-order valence-corrected chi connectivity index (χ1v) is 8.49. The maximum absolute atomic E-state index is 13.1. The van der Waals surface area contributed by atoms with Gasteiger partial charge in [-0.05, 0) is 49.1 Å². The molecule has 2 aromatic carbocycles. The number of ether oxygens (including phenoxy) is 1. The number of benzene rings is 2. The third-order valence-corrected chi connectivity index (χ3v) is 4.80. The lowest BCUT2D eigenvalue weighted by Crippen LogP contribution is -2.31. The first-order chi connectivity index (χ1) is 12.0. The first-order valence-electron chi connectivity index (χ1n) is 8.49. The second-order valence-electron chi connectivity index (χ2n) is 6.48. The fraction of sp³-hybridized carbons (Fsp3) is 0.350. The number of halogens is 1. The number of hydrogen-bond donors (Lipinski definition) is 1. The Kier molecular flexibility index (Phi) is 5.34. The fourth-order valence-electron chi connectivity index (χ4n) is 3.43. The zero-order valence-corrected chi connectivity index (χ0v) is 14.2. The molecular weight excluding hydrogens is 321 g/mol. The number of carboxylic acid groups (broad SMARTS) is 1. The fourth-order valence-corrected chi connectivity index (χ4v) is 3.43. The van der Waals surface area contributed by atoms with E-state index in [0.29, 0.717) is 24.3 Å². The Balaban J connectivity index is 1.55. The Morgan fingerprint density at radius 2 is 1.96 bits per heavy atom. The topological polar surface area (TPSA) is 49.8 Å². The van der Waals surface area contributed by atoms with Crippen molar-refractivity contribution in [3.8, 4) is 5.75 Å². The van der Waals surface area contributed by atoms with Crippen molar-refractivity contribution < 1.29 is 19.0 Å². The van der Waals surface area contributed by atoms with Gasteiger partial charge in [0.2, 0.25) is 0 Å². The zero-order valence-electron chi connectivity index (χ0n) is 14.2. The van der Waals surface area contributed by atoms with Gasteiger partial charge in [-0.3, -0.25) is 4.90 Å². The Bertz CT molecular complexity index is 732. The number of likely N-dealkylation sites (tertiary alicyclic amines) is 1. The Hall–Kier alpha value is -2.40. The van der Waals surface area contributed by atoms with Crippen LogP contribution in [0.2, 0.25) is 0 Å². The van der Waals surface area contributed by atoms with E-state index >= 15 is 0 Å². The van der Waals surface area contributed by atoms with Crippen molar-refractivity contribution in [2.45, 2.75) is 25.3 Å². The third kappa shape index (κ3) is 4.17. The minimum absolute atomic E-state index is 0.182. The molecule has 0 spiro atoms. The van der Waals surface area contributed by atoms with Crippen LogP contribution in [0.5, 0.6) is 5.75 Å². The van der Waals surface area contributed by atoms with E-state index in [0.717, 1.165) is 25.1 Å². The van der Waals surface area contributed by atoms with Crippen molar-refractivity contribution in [3.63, 3.8) is 0 Å². The van der Waals surface area contributed by atoms with E-state index in [1.807, 2.05) is 12.1 Å². The summed E-state index contributed by atoms with van der Waals surface area (Å²) in [5, 5.41) is 9.18. The molecule has 0 amide bonds. The molecule has 0 saturated carbocycles. The zero-order chi connectivity index (χ0) is 17.8. The van der Waals surface area contributed by atoms with E-state index in [-0.39, 0.29) is 11.4 Å². The number of aromatic carboxylic acids is 1. The SMILES string of the molecule is C[C@H]1C[C@@H](c2ccc(F)cc2)CN1CCOc1ccccc1C(=O)O. The third-order valence-electron chi connectivity index (χ3n) is 4.80. The van der Waals surface area contributed by atoms with Crippen LogP contribution in [0, 0.1) is 5.82 Å². The second kappa shape index (κ2) is 7.66. The number of carboxylic acids is 1. The molecule has 1 aliphatic rings. The maximum Gasteiger partial charge on any atom is 0.339 e. The van der Waals surface area contributed by atoms with Crippen molar-refractivity contribution in [1.82, 2.24) is 4.90 Å². The summed E-state index contributed by atoms with van der Waals surface area (Å²) in [6.45, 7) is 4.24. The van der Waals surface area contributed by atoms with Crippen LogP contribution in [0.4, 0.5) is 4.39 Å². The molecule has 1 fully saturated rings. The van der Waals surface area contributed by atoms with Gasteiger partial charge in [-0.15, -0.1) is 0 Å². The van der Waals surface area contributed by atoms with E-state index in [2.05, 4.69) is 11.8 Å². The highest BCUT2D eigenvalue weighted by molar-refractivity contribution is 5.90. The lowest BCUT2D eigenvalue weighted by atomic mass is 9.97. The quantitative estimate of drug-likeness (QED) is 0.867. The molecule has 1 N–H and O–H groups in total. The lowest BCUT2D eigenvalue weighted by Gasteiger charge is -2.21. The van der Waals surface area contributed by atoms with Crippen LogP contribution in [0.1, 0.15) is 35.2 Å². The van der Waals surface area contributed by atoms with Gasteiger partial charge in [0.15, 0.2) is 0 Å².